The zero-order chi connectivity index (χ0) is 24.7. The molecule has 6 rings (SSSR count). The van der Waals surface area contributed by atoms with Crippen LogP contribution in [0.25, 0.3) is 11.0 Å². The van der Waals surface area contributed by atoms with Crippen LogP contribution < -0.4 is 5.32 Å². The lowest BCUT2D eigenvalue weighted by Gasteiger charge is -2.45. The number of rotatable bonds is 6. The molecule has 2 aliphatic heterocycles. The Morgan fingerprint density at radius 1 is 0.972 bits per heavy atom. The van der Waals surface area contributed by atoms with Gasteiger partial charge >= 0.3 is 6.09 Å². The minimum Gasteiger partial charge on any atom is -0.465 e. The normalized spacial score (nSPS) is 30.5. The summed E-state index contributed by atoms with van der Waals surface area (Å²) >= 11 is 0. The minimum absolute atomic E-state index is 0.0829. The zero-order valence-electron chi connectivity index (χ0n) is 21.3. The van der Waals surface area contributed by atoms with E-state index in [-0.39, 0.29) is 11.5 Å². The monoisotopic (exact) mass is 486 g/mol. The number of carboxylic acid groups (broad SMARTS) is 1. The Kier molecular flexibility index (Phi) is 6.24. The van der Waals surface area contributed by atoms with E-state index in [0.717, 1.165) is 50.0 Å². The smallest absolute Gasteiger partial charge is 0.404 e. The highest BCUT2D eigenvalue weighted by Gasteiger charge is 2.44. The van der Waals surface area contributed by atoms with E-state index in [1.54, 1.807) is 0 Å². The highest BCUT2D eigenvalue weighted by molar-refractivity contribution is 5.76. The lowest BCUT2D eigenvalue weighted by Crippen LogP contribution is -2.47. The van der Waals surface area contributed by atoms with Crippen molar-refractivity contribution in [2.75, 3.05) is 6.54 Å². The Morgan fingerprint density at radius 3 is 2.33 bits per heavy atom. The summed E-state index contributed by atoms with van der Waals surface area (Å²) in [6.07, 6.45) is 9.22. The molecule has 3 fully saturated rings. The van der Waals surface area contributed by atoms with Gasteiger partial charge in [-0.25, -0.2) is 9.78 Å². The molecule has 2 unspecified atom stereocenters. The standard InChI is InChI=1S/C30H38N4O2/c1-21-31-27-9-5-6-10-28(27)34(21)26-19-24-11-12-25(20-26)33(24)18-17-30(22-7-3-2-4-8-22)15-13-23(14-16-30)32-29(35)36/h2-10,23-26,32H,11-20H2,1H3,(H,35,36). The second-order valence-corrected chi connectivity index (χ2v) is 11.4. The molecule has 2 atom stereocenters. The van der Waals surface area contributed by atoms with E-state index in [1.165, 1.54) is 36.8 Å². The molecular formula is C30H38N4O2. The SMILES string of the molecule is Cc1nc2ccccc2n1C1CC2CCC(C1)N2CCC1(c2ccccc2)CCC(NC(=O)O)CC1. The lowest BCUT2D eigenvalue weighted by atomic mass is 9.66. The number of fused-ring (bicyclic) bond motifs is 3. The Bertz CT molecular complexity index is 1200. The number of aromatic nitrogens is 2. The number of piperidine rings is 1. The quantitative estimate of drug-likeness (QED) is 0.445. The molecule has 2 bridgehead atoms. The molecule has 0 radical (unpaired) electrons. The van der Waals surface area contributed by atoms with Gasteiger partial charge in [-0.15, -0.1) is 0 Å². The number of para-hydroxylation sites is 2. The van der Waals surface area contributed by atoms with Gasteiger partial charge in [0.2, 0.25) is 0 Å². The van der Waals surface area contributed by atoms with Crippen LogP contribution >= 0.6 is 0 Å². The molecule has 3 aromatic rings. The number of aryl methyl sites for hydroxylation is 1. The molecule has 6 nitrogen and oxygen atoms in total. The molecule has 2 saturated heterocycles. The summed E-state index contributed by atoms with van der Waals surface area (Å²) < 4.78 is 2.51. The summed E-state index contributed by atoms with van der Waals surface area (Å²) in [5.41, 5.74) is 3.97. The minimum atomic E-state index is -0.896. The van der Waals surface area contributed by atoms with E-state index < -0.39 is 6.09 Å². The van der Waals surface area contributed by atoms with E-state index in [4.69, 9.17) is 4.98 Å². The molecule has 190 valence electrons. The molecule has 2 aromatic carbocycles. The van der Waals surface area contributed by atoms with Gasteiger partial charge in [0.1, 0.15) is 5.82 Å². The van der Waals surface area contributed by atoms with Crippen LogP contribution in [0.4, 0.5) is 4.79 Å². The summed E-state index contributed by atoms with van der Waals surface area (Å²) in [5, 5.41) is 11.9. The van der Waals surface area contributed by atoms with Crippen LogP contribution in [0.1, 0.15) is 75.2 Å². The summed E-state index contributed by atoms with van der Waals surface area (Å²) in [4.78, 5) is 18.9. The second-order valence-electron chi connectivity index (χ2n) is 11.4. The summed E-state index contributed by atoms with van der Waals surface area (Å²) in [5.74, 6) is 1.14. The lowest BCUT2D eigenvalue weighted by molar-refractivity contribution is 0.0898. The number of carbonyl (C=O) groups is 1. The Labute approximate surface area is 213 Å². The topological polar surface area (TPSA) is 70.4 Å². The van der Waals surface area contributed by atoms with Gasteiger partial charge in [-0.05, 0) is 94.4 Å². The van der Waals surface area contributed by atoms with E-state index in [9.17, 15) is 9.90 Å². The maximum atomic E-state index is 11.2. The van der Waals surface area contributed by atoms with Crippen molar-refractivity contribution >= 4 is 17.1 Å². The van der Waals surface area contributed by atoms with Crippen molar-refractivity contribution in [3.63, 3.8) is 0 Å². The summed E-state index contributed by atoms with van der Waals surface area (Å²) in [6.45, 7) is 3.30. The number of nitrogens with zero attached hydrogens (tertiary/aromatic N) is 3. The molecule has 1 amide bonds. The molecule has 2 N–H and O–H groups in total. The fourth-order valence-electron chi connectivity index (χ4n) is 7.75. The molecule has 3 aliphatic rings. The van der Waals surface area contributed by atoms with Crippen molar-refractivity contribution in [1.29, 1.82) is 0 Å². The first-order chi connectivity index (χ1) is 17.5. The Hall–Kier alpha value is -2.86. The molecule has 36 heavy (non-hydrogen) atoms. The molecule has 0 spiro atoms. The van der Waals surface area contributed by atoms with Gasteiger partial charge in [-0.2, -0.15) is 0 Å². The number of hydrogen-bond acceptors (Lipinski definition) is 3. The summed E-state index contributed by atoms with van der Waals surface area (Å²) in [7, 11) is 0. The first-order valence-electron chi connectivity index (χ1n) is 13.8. The van der Waals surface area contributed by atoms with E-state index in [1.807, 2.05) is 0 Å². The number of imidazole rings is 1. The maximum Gasteiger partial charge on any atom is 0.404 e. The van der Waals surface area contributed by atoms with Crippen LogP contribution in [0.5, 0.6) is 0 Å². The highest BCUT2D eigenvalue weighted by atomic mass is 16.4. The second kappa shape index (κ2) is 9.55. The first-order valence-corrected chi connectivity index (χ1v) is 13.8. The third kappa shape index (κ3) is 4.30. The number of amides is 1. The van der Waals surface area contributed by atoms with Gasteiger partial charge in [0.15, 0.2) is 0 Å². The van der Waals surface area contributed by atoms with Crippen molar-refractivity contribution in [3.05, 3.63) is 66.0 Å². The molecule has 6 heteroatoms. The van der Waals surface area contributed by atoms with Gasteiger partial charge in [0.25, 0.3) is 0 Å². The molecule has 3 heterocycles. The largest absolute Gasteiger partial charge is 0.465 e. The third-order valence-corrected chi connectivity index (χ3v) is 9.50. The predicted molar refractivity (Wildman–Crippen MR) is 142 cm³/mol. The van der Waals surface area contributed by atoms with Crippen LogP contribution in [-0.4, -0.2) is 50.3 Å². The molecule has 1 aromatic heterocycles. The Morgan fingerprint density at radius 2 is 1.64 bits per heavy atom. The van der Waals surface area contributed by atoms with E-state index in [2.05, 4.69) is 76.3 Å². The van der Waals surface area contributed by atoms with Crippen molar-refractivity contribution in [3.8, 4) is 0 Å². The highest BCUT2D eigenvalue weighted by Crippen LogP contribution is 2.46. The van der Waals surface area contributed by atoms with Crippen molar-refractivity contribution in [2.24, 2.45) is 0 Å². The van der Waals surface area contributed by atoms with Crippen molar-refractivity contribution in [1.82, 2.24) is 19.8 Å². The van der Waals surface area contributed by atoms with Crippen LogP contribution in [0.3, 0.4) is 0 Å². The van der Waals surface area contributed by atoms with Crippen LogP contribution in [0, 0.1) is 6.92 Å². The number of hydrogen-bond donors (Lipinski definition) is 2. The fourth-order valence-corrected chi connectivity index (χ4v) is 7.75. The van der Waals surface area contributed by atoms with Crippen molar-refractivity contribution in [2.45, 2.75) is 94.3 Å². The Balaban J connectivity index is 1.17. The van der Waals surface area contributed by atoms with Gasteiger partial charge < -0.3 is 15.0 Å². The van der Waals surface area contributed by atoms with Gasteiger partial charge in [-0.1, -0.05) is 42.5 Å². The van der Waals surface area contributed by atoms with Crippen molar-refractivity contribution < 1.29 is 9.90 Å². The molecular weight excluding hydrogens is 448 g/mol. The van der Waals surface area contributed by atoms with Gasteiger partial charge in [-0.3, -0.25) is 4.90 Å². The maximum absolute atomic E-state index is 11.2. The van der Waals surface area contributed by atoms with Gasteiger partial charge in [0.05, 0.1) is 11.0 Å². The first kappa shape index (κ1) is 23.5. The zero-order valence-corrected chi connectivity index (χ0v) is 21.3. The number of nitrogens with one attached hydrogen (secondary N) is 1. The van der Waals surface area contributed by atoms with E-state index in [0.29, 0.717) is 18.1 Å². The predicted octanol–water partition coefficient (Wildman–Crippen LogP) is 6.05. The molecule has 1 aliphatic carbocycles. The van der Waals surface area contributed by atoms with E-state index >= 15 is 0 Å². The van der Waals surface area contributed by atoms with Crippen LogP contribution in [-0.2, 0) is 5.41 Å². The third-order valence-electron chi connectivity index (χ3n) is 9.50. The molecule has 1 saturated carbocycles. The van der Waals surface area contributed by atoms with Crippen LogP contribution in [0.15, 0.2) is 54.6 Å². The number of benzene rings is 2. The van der Waals surface area contributed by atoms with Gasteiger partial charge in [0, 0.05) is 24.2 Å². The average Bonchev–Trinajstić information content (AvgIpc) is 3.34. The fraction of sp³-hybridized carbons (Fsp3) is 0.533. The average molecular weight is 487 g/mol. The summed E-state index contributed by atoms with van der Waals surface area (Å²) in [6, 6.07) is 21.5. The van der Waals surface area contributed by atoms with Crippen LogP contribution in [0.2, 0.25) is 0 Å².